The predicted octanol–water partition coefficient (Wildman–Crippen LogP) is 4.20. The van der Waals surface area contributed by atoms with Gasteiger partial charge < -0.3 is 4.74 Å². The highest BCUT2D eigenvalue weighted by Crippen LogP contribution is 2.37. The van der Waals surface area contributed by atoms with Gasteiger partial charge in [-0.15, -0.1) is 11.3 Å². The third-order valence-electron chi connectivity index (χ3n) is 3.00. The van der Waals surface area contributed by atoms with E-state index in [-0.39, 0.29) is 5.97 Å². The van der Waals surface area contributed by atoms with Crippen molar-refractivity contribution in [2.24, 2.45) is 0 Å². The number of aromatic nitrogens is 1. The van der Waals surface area contributed by atoms with Gasteiger partial charge in [0, 0.05) is 6.92 Å². The average molecular weight is 283 g/mol. The number of hydrogen-bond donors (Lipinski definition) is 0. The van der Waals surface area contributed by atoms with Crippen LogP contribution < -0.4 is 4.74 Å². The Bertz CT molecular complexity index is 759. The number of thiazole rings is 1. The van der Waals surface area contributed by atoms with E-state index in [1.54, 1.807) is 17.4 Å². The van der Waals surface area contributed by atoms with Crippen molar-refractivity contribution in [3.05, 3.63) is 48.0 Å². The summed E-state index contributed by atoms with van der Waals surface area (Å²) in [4.78, 5) is 15.9. The van der Waals surface area contributed by atoms with E-state index in [0.29, 0.717) is 5.75 Å². The molecule has 0 saturated carbocycles. The lowest BCUT2D eigenvalue weighted by Crippen LogP contribution is -2.03. The van der Waals surface area contributed by atoms with Crippen LogP contribution in [0.4, 0.5) is 0 Å². The Morgan fingerprint density at radius 3 is 2.70 bits per heavy atom. The Hall–Kier alpha value is -2.20. The van der Waals surface area contributed by atoms with Crippen LogP contribution in [0.3, 0.4) is 0 Å². The summed E-state index contributed by atoms with van der Waals surface area (Å²) in [5, 5.41) is 0.876. The van der Waals surface area contributed by atoms with Crippen molar-refractivity contribution in [1.82, 2.24) is 4.98 Å². The molecule has 0 atom stereocenters. The van der Waals surface area contributed by atoms with Gasteiger partial charge in [-0.3, -0.25) is 4.79 Å². The molecule has 2 aromatic carbocycles. The summed E-state index contributed by atoms with van der Waals surface area (Å²) in [7, 11) is 0. The smallest absolute Gasteiger partial charge is 0.308 e. The van der Waals surface area contributed by atoms with E-state index < -0.39 is 0 Å². The third-order valence-corrected chi connectivity index (χ3v) is 4.05. The highest BCUT2D eigenvalue weighted by atomic mass is 32.1. The number of fused-ring (bicyclic) bond motifs is 1. The van der Waals surface area contributed by atoms with E-state index in [1.165, 1.54) is 6.92 Å². The number of para-hydroxylation sites is 1. The molecule has 3 nitrogen and oxygen atoms in total. The van der Waals surface area contributed by atoms with E-state index in [9.17, 15) is 4.79 Å². The highest BCUT2D eigenvalue weighted by Gasteiger charge is 2.15. The van der Waals surface area contributed by atoms with Gasteiger partial charge in [-0.1, -0.05) is 24.3 Å². The Morgan fingerprint density at radius 2 is 1.95 bits per heavy atom. The molecule has 0 unspecified atom stereocenters. The number of esters is 1. The maximum Gasteiger partial charge on any atom is 0.308 e. The number of hydrogen-bond acceptors (Lipinski definition) is 4. The maximum atomic E-state index is 11.2. The van der Waals surface area contributed by atoms with Crippen LogP contribution in [0.25, 0.3) is 20.8 Å². The molecule has 0 radical (unpaired) electrons. The first kappa shape index (κ1) is 12.8. The highest BCUT2D eigenvalue weighted by molar-refractivity contribution is 7.21. The average Bonchev–Trinajstić information content (AvgIpc) is 2.81. The van der Waals surface area contributed by atoms with Crippen LogP contribution in [0.5, 0.6) is 5.75 Å². The summed E-state index contributed by atoms with van der Waals surface area (Å²) in [6, 6.07) is 13.7. The largest absolute Gasteiger partial charge is 0.426 e. The van der Waals surface area contributed by atoms with E-state index in [0.717, 1.165) is 26.4 Å². The van der Waals surface area contributed by atoms with Gasteiger partial charge >= 0.3 is 5.97 Å². The summed E-state index contributed by atoms with van der Waals surface area (Å²) in [5.41, 5.74) is 2.90. The molecule has 100 valence electrons. The van der Waals surface area contributed by atoms with Crippen LogP contribution in [0, 0.1) is 6.92 Å². The number of aryl methyl sites for hydroxylation is 1. The maximum absolute atomic E-state index is 11.2. The standard InChI is InChI=1S/C16H13NO2S/c1-10-6-5-8-13(19-11(2)18)15(10)16-17-12-7-3-4-9-14(12)20-16/h3-9H,1-2H3. The molecule has 3 aromatic rings. The fourth-order valence-corrected chi connectivity index (χ4v) is 3.21. The van der Waals surface area contributed by atoms with E-state index in [2.05, 4.69) is 4.98 Å². The van der Waals surface area contributed by atoms with Crippen molar-refractivity contribution in [2.45, 2.75) is 13.8 Å². The molecule has 0 aliphatic carbocycles. The number of carbonyl (C=O) groups is 1. The van der Waals surface area contributed by atoms with Crippen molar-refractivity contribution in [1.29, 1.82) is 0 Å². The molecular formula is C16H13NO2S. The third kappa shape index (κ3) is 2.30. The molecule has 0 aliphatic rings. The first-order valence-corrected chi connectivity index (χ1v) is 7.11. The number of nitrogens with zero attached hydrogens (tertiary/aromatic N) is 1. The summed E-state index contributed by atoms with van der Waals surface area (Å²) >= 11 is 1.60. The van der Waals surface area contributed by atoms with Crippen LogP contribution in [0.15, 0.2) is 42.5 Å². The number of benzene rings is 2. The van der Waals surface area contributed by atoms with Gasteiger partial charge in [-0.05, 0) is 30.7 Å². The van der Waals surface area contributed by atoms with Gasteiger partial charge in [-0.25, -0.2) is 4.98 Å². The summed E-state index contributed by atoms with van der Waals surface area (Å²) in [6.07, 6.45) is 0. The van der Waals surface area contributed by atoms with E-state index >= 15 is 0 Å². The van der Waals surface area contributed by atoms with Crippen molar-refractivity contribution in [2.75, 3.05) is 0 Å². The topological polar surface area (TPSA) is 39.2 Å². The lowest BCUT2D eigenvalue weighted by Gasteiger charge is -2.09. The van der Waals surface area contributed by atoms with Crippen LogP contribution in [-0.2, 0) is 4.79 Å². The van der Waals surface area contributed by atoms with Gasteiger partial charge in [0.25, 0.3) is 0 Å². The molecule has 0 amide bonds. The summed E-state index contributed by atoms with van der Waals surface area (Å²) in [6.45, 7) is 3.40. The van der Waals surface area contributed by atoms with E-state index in [4.69, 9.17) is 4.74 Å². The molecule has 0 N–H and O–H groups in total. The van der Waals surface area contributed by atoms with Gasteiger partial charge in [0.15, 0.2) is 0 Å². The van der Waals surface area contributed by atoms with Crippen molar-refractivity contribution < 1.29 is 9.53 Å². The number of ether oxygens (including phenoxy) is 1. The Labute approximate surface area is 120 Å². The van der Waals surface area contributed by atoms with E-state index in [1.807, 2.05) is 43.3 Å². The predicted molar refractivity (Wildman–Crippen MR) is 81.1 cm³/mol. The Morgan fingerprint density at radius 1 is 1.15 bits per heavy atom. The lowest BCUT2D eigenvalue weighted by molar-refractivity contribution is -0.131. The second-order valence-electron chi connectivity index (χ2n) is 4.53. The van der Waals surface area contributed by atoms with Crippen LogP contribution in [0.1, 0.15) is 12.5 Å². The van der Waals surface area contributed by atoms with Gasteiger partial charge in [0.1, 0.15) is 10.8 Å². The fourth-order valence-electron chi connectivity index (χ4n) is 2.13. The zero-order valence-electron chi connectivity index (χ0n) is 11.2. The monoisotopic (exact) mass is 283 g/mol. The molecule has 0 spiro atoms. The zero-order chi connectivity index (χ0) is 14.1. The summed E-state index contributed by atoms with van der Waals surface area (Å²) in [5.74, 6) is 0.245. The number of carbonyl (C=O) groups excluding carboxylic acids is 1. The fraction of sp³-hybridized carbons (Fsp3) is 0.125. The lowest BCUT2D eigenvalue weighted by atomic mass is 10.1. The second-order valence-corrected chi connectivity index (χ2v) is 5.56. The first-order chi connectivity index (χ1) is 9.65. The van der Waals surface area contributed by atoms with Crippen LogP contribution in [-0.4, -0.2) is 11.0 Å². The molecule has 0 saturated heterocycles. The zero-order valence-corrected chi connectivity index (χ0v) is 12.0. The molecule has 1 heterocycles. The number of rotatable bonds is 2. The van der Waals surface area contributed by atoms with Crippen molar-refractivity contribution in [3.63, 3.8) is 0 Å². The normalized spacial score (nSPS) is 10.7. The van der Waals surface area contributed by atoms with Gasteiger partial charge in [-0.2, -0.15) is 0 Å². The molecule has 0 fully saturated rings. The van der Waals surface area contributed by atoms with Gasteiger partial charge in [0.2, 0.25) is 0 Å². The minimum Gasteiger partial charge on any atom is -0.426 e. The second kappa shape index (κ2) is 5.06. The Kier molecular flexibility index (Phi) is 3.24. The van der Waals surface area contributed by atoms with Crippen LogP contribution >= 0.6 is 11.3 Å². The van der Waals surface area contributed by atoms with Crippen LogP contribution in [0.2, 0.25) is 0 Å². The molecule has 4 heteroatoms. The first-order valence-electron chi connectivity index (χ1n) is 6.29. The molecule has 1 aromatic heterocycles. The van der Waals surface area contributed by atoms with Crippen molar-refractivity contribution in [3.8, 4) is 16.3 Å². The van der Waals surface area contributed by atoms with Crippen molar-refractivity contribution >= 4 is 27.5 Å². The molecule has 0 aliphatic heterocycles. The summed E-state index contributed by atoms with van der Waals surface area (Å²) < 4.78 is 6.43. The molecule has 20 heavy (non-hydrogen) atoms. The molecule has 0 bridgehead atoms. The van der Waals surface area contributed by atoms with Gasteiger partial charge in [0.05, 0.1) is 15.8 Å². The SMILES string of the molecule is CC(=O)Oc1cccc(C)c1-c1nc2ccccc2s1. The molecule has 3 rings (SSSR count). The Balaban J connectivity index is 2.19. The minimum atomic E-state index is -0.321. The quantitative estimate of drug-likeness (QED) is 0.522. The minimum absolute atomic E-state index is 0.321. The molecular weight excluding hydrogens is 270 g/mol.